The van der Waals surface area contributed by atoms with E-state index in [4.69, 9.17) is 9.47 Å². The number of aryl methyl sites for hydroxylation is 2. The Morgan fingerprint density at radius 3 is 2.55 bits per heavy atom. The third-order valence-corrected chi connectivity index (χ3v) is 3.17. The summed E-state index contributed by atoms with van der Waals surface area (Å²) in [5.74, 6) is 1.20. The third kappa shape index (κ3) is 4.15. The van der Waals surface area contributed by atoms with Gasteiger partial charge in [-0.2, -0.15) is 0 Å². The number of amides is 2. The monoisotopic (exact) mass is 300 g/mol. The van der Waals surface area contributed by atoms with Crippen molar-refractivity contribution < 1.29 is 14.3 Å². The summed E-state index contributed by atoms with van der Waals surface area (Å²) < 4.78 is 10.7. The number of ether oxygens (including phenoxy) is 2. The van der Waals surface area contributed by atoms with Gasteiger partial charge in [-0.25, -0.2) is 4.79 Å². The highest BCUT2D eigenvalue weighted by atomic mass is 16.5. The first kappa shape index (κ1) is 15.7. The number of methoxy groups -OCH3 is 1. The lowest BCUT2D eigenvalue weighted by Crippen LogP contribution is -2.32. The standard InChI is InChI=1S/C17H20N2O3/c1-12-8-9-13(2)14(10-12)19-17(20)18-11-22-16-7-5-4-6-15(16)21-3/h4-10H,11H2,1-3H3,(H2,18,19,20). The summed E-state index contributed by atoms with van der Waals surface area (Å²) in [6, 6.07) is 12.9. The number of benzene rings is 2. The van der Waals surface area contributed by atoms with Crippen LogP contribution in [0.1, 0.15) is 11.1 Å². The van der Waals surface area contributed by atoms with Crippen LogP contribution in [0.15, 0.2) is 42.5 Å². The second-order valence-electron chi connectivity index (χ2n) is 4.89. The fourth-order valence-corrected chi connectivity index (χ4v) is 1.95. The van der Waals surface area contributed by atoms with Crippen LogP contribution >= 0.6 is 0 Å². The SMILES string of the molecule is COc1ccccc1OCNC(=O)Nc1cc(C)ccc1C. The lowest BCUT2D eigenvalue weighted by Gasteiger charge is -2.13. The highest BCUT2D eigenvalue weighted by Gasteiger charge is 2.06. The van der Waals surface area contributed by atoms with Gasteiger partial charge in [-0.3, -0.25) is 0 Å². The topological polar surface area (TPSA) is 59.6 Å². The van der Waals surface area contributed by atoms with E-state index in [0.29, 0.717) is 11.5 Å². The molecule has 2 aromatic carbocycles. The Labute approximate surface area is 130 Å². The second-order valence-corrected chi connectivity index (χ2v) is 4.89. The number of para-hydroxylation sites is 2. The molecule has 0 radical (unpaired) electrons. The molecule has 22 heavy (non-hydrogen) atoms. The van der Waals surface area contributed by atoms with Gasteiger partial charge in [0.05, 0.1) is 7.11 Å². The van der Waals surface area contributed by atoms with E-state index in [2.05, 4.69) is 10.6 Å². The fourth-order valence-electron chi connectivity index (χ4n) is 1.95. The highest BCUT2D eigenvalue weighted by molar-refractivity contribution is 5.90. The first-order valence-corrected chi connectivity index (χ1v) is 6.98. The van der Waals surface area contributed by atoms with Crippen molar-refractivity contribution in [3.8, 4) is 11.5 Å². The molecular formula is C17H20N2O3. The van der Waals surface area contributed by atoms with Gasteiger partial charge in [-0.05, 0) is 43.2 Å². The normalized spacial score (nSPS) is 9.95. The Morgan fingerprint density at radius 2 is 1.82 bits per heavy atom. The van der Waals surface area contributed by atoms with Crippen LogP contribution in [0.25, 0.3) is 0 Å². The molecule has 0 heterocycles. The number of rotatable bonds is 5. The molecule has 0 aromatic heterocycles. The van der Waals surface area contributed by atoms with Crippen LogP contribution < -0.4 is 20.1 Å². The number of anilines is 1. The zero-order chi connectivity index (χ0) is 15.9. The molecule has 0 atom stereocenters. The molecule has 0 unspecified atom stereocenters. The number of hydrogen-bond donors (Lipinski definition) is 2. The van der Waals surface area contributed by atoms with Crippen molar-refractivity contribution in [2.24, 2.45) is 0 Å². The van der Waals surface area contributed by atoms with Crippen LogP contribution in [-0.2, 0) is 0 Å². The molecule has 0 aliphatic rings. The van der Waals surface area contributed by atoms with E-state index in [1.165, 1.54) is 0 Å². The van der Waals surface area contributed by atoms with E-state index in [1.807, 2.05) is 44.2 Å². The molecule has 2 aromatic rings. The summed E-state index contributed by atoms with van der Waals surface area (Å²) >= 11 is 0. The molecule has 0 saturated heterocycles. The quantitative estimate of drug-likeness (QED) is 0.831. The van der Waals surface area contributed by atoms with Crippen LogP contribution in [0.3, 0.4) is 0 Å². The van der Waals surface area contributed by atoms with Crippen molar-refractivity contribution in [2.75, 3.05) is 19.2 Å². The Kier molecular flexibility index (Phi) is 5.25. The number of nitrogens with one attached hydrogen (secondary N) is 2. The molecule has 2 amide bonds. The van der Waals surface area contributed by atoms with Gasteiger partial charge in [0.1, 0.15) is 0 Å². The van der Waals surface area contributed by atoms with Crippen LogP contribution in [0.5, 0.6) is 11.5 Å². The predicted octanol–water partition coefficient (Wildman–Crippen LogP) is 3.47. The van der Waals surface area contributed by atoms with E-state index in [9.17, 15) is 4.79 Å². The zero-order valence-corrected chi connectivity index (χ0v) is 13.0. The van der Waals surface area contributed by atoms with Crippen LogP contribution in [0.2, 0.25) is 0 Å². The Balaban J connectivity index is 1.87. The van der Waals surface area contributed by atoms with Gasteiger partial charge in [0, 0.05) is 5.69 Å². The summed E-state index contributed by atoms with van der Waals surface area (Å²) in [4.78, 5) is 11.9. The minimum absolute atomic E-state index is 0.0526. The van der Waals surface area contributed by atoms with Crippen LogP contribution in [0.4, 0.5) is 10.5 Å². The molecule has 0 aliphatic carbocycles. The van der Waals surface area contributed by atoms with Gasteiger partial charge < -0.3 is 20.1 Å². The van der Waals surface area contributed by atoms with Crippen molar-refractivity contribution in [3.63, 3.8) is 0 Å². The molecule has 0 fully saturated rings. The smallest absolute Gasteiger partial charge is 0.321 e. The number of hydrogen-bond acceptors (Lipinski definition) is 3. The Hall–Kier alpha value is -2.69. The average molecular weight is 300 g/mol. The molecule has 5 nitrogen and oxygen atoms in total. The minimum Gasteiger partial charge on any atom is -0.493 e. The minimum atomic E-state index is -0.316. The maximum absolute atomic E-state index is 11.9. The van der Waals surface area contributed by atoms with Crippen LogP contribution in [-0.4, -0.2) is 19.9 Å². The summed E-state index contributed by atoms with van der Waals surface area (Å²) in [6.07, 6.45) is 0. The van der Waals surface area contributed by atoms with E-state index in [-0.39, 0.29) is 12.8 Å². The number of urea groups is 1. The zero-order valence-electron chi connectivity index (χ0n) is 13.0. The van der Waals surface area contributed by atoms with Crippen molar-refractivity contribution >= 4 is 11.7 Å². The molecule has 0 saturated carbocycles. The van der Waals surface area contributed by atoms with Gasteiger partial charge in [-0.15, -0.1) is 0 Å². The van der Waals surface area contributed by atoms with E-state index < -0.39 is 0 Å². The van der Waals surface area contributed by atoms with Crippen LogP contribution in [0, 0.1) is 13.8 Å². The van der Waals surface area contributed by atoms with Crippen molar-refractivity contribution in [1.29, 1.82) is 0 Å². The first-order chi connectivity index (χ1) is 10.6. The van der Waals surface area contributed by atoms with Crippen molar-refractivity contribution in [3.05, 3.63) is 53.6 Å². The predicted molar refractivity (Wildman–Crippen MR) is 86.6 cm³/mol. The third-order valence-electron chi connectivity index (χ3n) is 3.17. The van der Waals surface area contributed by atoms with Gasteiger partial charge >= 0.3 is 6.03 Å². The molecule has 2 N–H and O–H groups in total. The Bertz CT molecular complexity index is 656. The van der Waals surface area contributed by atoms with Gasteiger partial charge in [0.25, 0.3) is 0 Å². The van der Waals surface area contributed by atoms with E-state index in [0.717, 1.165) is 16.8 Å². The molecular weight excluding hydrogens is 280 g/mol. The highest BCUT2D eigenvalue weighted by Crippen LogP contribution is 2.25. The van der Waals surface area contributed by atoms with Gasteiger partial charge in [-0.1, -0.05) is 24.3 Å². The summed E-state index contributed by atoms with van der Waals surface area (Å²) in [7, 11) is 1.57. The lowest BCUT2D eigenvalue weighted by atomic mass is 10.1. The molecule has 0 aliphatic heterocycles. The second kappa shape index (κ2) is 7.36. The first-order valence-electron chi connectivity index (χ1n) is 6.98. The molecule has 0 bridgehead atoms. The lowest BCUT2D eigenvalue weighted by molar-refractivity contribution is 0.231. The molecule has 0 spiro atoms. The van der Waals surface area contributed by atoms with E-state index >= 15 is 0 Å². The largest absolute Gasteiger partial charge is 0.493 e. The maximum Gasteiger partial charge on any atom is 0.321 e. The van der Waals surface area contributed by atoms with Gasteiger partial charge in [0.15, 0.2) is 18.2 Å². The maximum atomic E-state index is 11.9. The average Bonchev–Trinajstić information content (AvgIpc) is 2.51. The van der Waals surface area contributed by atoms with Crippen molar-refractivity contribution in [1.82, 2.24) is 5.32 Å². The van der Waals surface area contributed by atoms with E-state index in [1.54, 1.807) is 19.2 Å². The number of carbonyl (C=O) groups excluding carboxylic acids is 1. The van der Waals surface area contributed by atoms with Crippen molar-refractivity contribution in [2.45, 2.75) is 13.8 Å². The Morgan fingerprint density at radius 1 is 1.09 bits per heavy atom. The molecule has 5 heteroatoms. The summed E-state index contributed by atoms with van der Waals surface area (Å²) in [5.41, 5.74) is 2.88. The van der Waals surface area contributed by atoms with Gasteiger partial charge in [0.2, 0.25) is 0 Å². The summed E-state index contributed by atoms with van der Waals surface area (Å²) in [5, 5.41) is 5.45. The molecule has 2 rings (SSSR count). The fraction of sp³-hybridized carbons (Fsp3) is 0.235. The summed E-state index contributed by atoms with van der Waals surface area (Å²) in [6.45, 7) is 3.98. The molecule has 116 valence electrons. The number of carbonyl (C=O) groups is 1.